The molecule has 1 saturated carbocycles. The van der Waals surface area contributed by atoms with Gasteiger partial charge in [0.1, 0.15) is 0 Å². The SMILES string of the molecule is CNC1CCC(N(C)Cc2cccc([N+](=O)[O-])c2)CC1. The number of hydrogen-bond acceptors (Lipinski definition) is 4. The normalized spacial score (nSPS) is 22.9. The second kappa shape index (κ2) is 6.81. The van der Waals surface area contributed by atoms with Crippen LogP contribution in [0, 0.1) is 10.1 Å². The van der Waals surface area contributed by atoms with Crippen molar-refractivity contribution in [2.24, 2.45) is 0 Å². The smallest absolute Gasteiger partial charge is 0.269 e. The number of hydrogen-bond donors (Lipinski definition) is 1. The van der Waals surface area contributed by atoms with Crippen molar-refractivity contribution in [2.45, 2.75) is 44.3 Å². The second-order valence-corrected chi connectivity index (χ2v) is 5.64. The van der Waals surface area contributed by atoms with E-state index in [1.165, 1.54) is 25.7 Å². The second-order valence-electron chi connectivity index (χ2n) is 5.64. The predicted octanol–water partition coefficient (Wildman–Crippen LogP) is 2.56. The van der Waals surface area contributed by atoms with E-state index in [1.807, 2.05) is 13.1 Å². The van der Waals surface area contributed by atoms with E-state index < -0.39 is 0 Å². The lowest BCUT2D eigenvalue weighted by Gasteiger charge is -2.34. The molecule has 0 aromatic heterocycles. The van der Waals surface area contributed by atoms with E-state index in [0.29, 0.717) is 12.1 Å². The van der Waals surface area contributed by atoms with Crippen LogP contribution in [0.4, 0.5) is 5.69 Å². The van der Waals surface area contributed by atoms with Crippen molar-refractivity contribution in [3.63, 3.8) is 0 Å². The minimum Gasteiger partial charge on any atom is -0.317 e. The van der Waals surface area contributed by atoms with Gasteiger partial charge in [0.15, 0.2) is 0 Å². The minimum atomic E-state index is -0.332. The molecule has 0 radical (unpaired) electrons. The average Bonchev–Trinajstić information content (AvgIpc) is 2.47. The monoisotopic (exact) mass is 277 g/mol. The van der Waals surface area contributed by atoms with Crippen molar-refractivity contribution < 1.29 is 4.92 Å². The highest BCUT2D eigenvalue weighted by Crippen LogP contribution is 2.24. The third-order valence-electron chi connectivity index (χ3n) is 4.28. The molecule has 0 bridgehead atoms. The molecule has 5 heteroatoms. The maximum Gasteiger partial charge on any atom is 0.269 e. The Bertz CT molecular complexity index is 456. The Labute approximate surface area is 120 Å². The Balaban J connectivity index is 1.93. The fraction of sp³-hybridized carbons (Fsp3) is 0.600. The Morgan fingerprint density at radius 2 is 2.05 bits per heavy atom. The number of nitrogens with zero attached hydrogens (tertiary/aromatic N) is 2. The van der Waals surface area contributed by atoms with E-state index in [0.717, 1.165) is 12.1 Å². The first-order chi connectivity index (χ1) is 9.60. The summed E-state index contributed by atoms with van der Waals surface area (Å²) in [6, 6.07) is 8.18. The summed E-state index contributed by atoms with van der Waals surface area (Å²) in [6.45, 7) is 0.774. The maximum absolute atomic E-state index is 10.8. The first-order valence-corrected chi connectivity index (χ1v) is 7.21. The van der Waals surface area contributed by atoms with E-state index >= 15 is 0 Å². The third-order valence-corrected chi connectivity index (χ3v) is 4.28. The summed E-state index contributed by atoms with van der Waals surface area (Å²) < 4.78 is 0. The molecular weight excluding hydrogens is 254 g/mol. The molecule has 0 aliphatic heterocycles. The molecule has 0 amide bonds. The van der Waals surface area contributed by atoms with Crippen LogP contribution in [0.2, 0.25) is 0 Å². The summed E-state index contributed by atoms with van der Waals surface area (Å²) in [5, 5.41) is 14.1. The van der Waals surface area contributed by atoms with Gasteiger partial charge in [-0.15, -0.1) is 0 Å². The minimum absolute atomic E-state index is 0.176. The first kappa shape index (κ1) is 14.9. The average molecular weight is 277 g/mol. The summed E-state index contributed by atoms with van der Waals surface area (Å²) in [5.74, 6) is 0. The first-order valence-electron chi connectivity index (χ1n) is 7.21. The standard InChI is InChI=1S/C15H23N3O2/c1-16-13-6-8-14(9-7-13)17(2)11-12-4-3-5-15(10-12)18(19)20/h3-5,10,13-14,16H,6-9,11H2,1-2H3. The molecule has 110 valence electrons. The lowest BCUT2D eigenvalue weighted by atomic mass is 9.90. The zero-order valence-electron chi connectivity index (χ0n) is 12.2. The van der Waals surface area contributed by atoms with Crippen molar-refractivity contribution in [3.8, 4) is 0 Å². The van der Waals surface area contributed by atoms with Gasteiger partial charge in [0.2, 0.25) is 0 Å². The number of nitro groups is 1. The number of non-ortho nitro benzene ring substituents is 1. The Hall–Kier alpha value is -1.46. The molecule has 0 spiro atoms. The highest BCUT2D eigenvalue weighted by atomic mass is 16.6. The predicted molar refractivity (Wildman–Crippen MR) is 79.7 cm³/mol. The highest BCUT2D eigenvalue weighted by Gasteiger charge is 2.23. The summed E-state index contributed by atoms with van der Waals surface area (Å²) in [7, 11) is 4.14. The van der Waals surface area contributed by atoms with Gasteiger partial charge in [-0.25, -0.2) is 0 Å². The molecule has 1 aliphatic carbocycles. The quantitative estimate of drug-likeness (QED) is 0.664. The molecular formula is C15H23N3O2. The number of nitrogens with one attached hydrogen (secondary N) is 1. The lowest BCUT2D eigenvalue weighted by molar-refractivity contribution is -0.384. The number of nitro benzene ring substituents is 1. The highest BCUT2D eigenvalue weighted by molar-refractivity contribution is 5.34. The molecule has 1 N–H and O–H groups in total. The molecule has 5 nitrogen and oxygen atoms in total. The topological polar surface area (TPSA) is 58.4 Å². The molecule has 1 aromatic rings. The molecule has 1 aliphatic rings. The summed E-state index contributed by atoms with van der Waals surface area (Å²) in [6.07, 6.45) is 4.80. The molecule has 1 fully saturated rings. The molecule has 20 heavy (non-hydrogen) atoms. The van der Waals surface area contributed by atoms with Crippen LogP contribution in [-0.2, 0) is 6.54 Å². The van der Waals surface area contributed by atoms with Crippen molar-refractivity contribution in [3.05, 3.63) is 39.9 Å². The van der Waals surface area contributed by atoms with Gasteiger partial charge in [-0.2, -0.15) is 0 Å². The van der Waals surface area contributed by atoms with Gasteiger partial charge < -0.3 is 5.32 Å². The van der Waals surface area contributed by atoms with Gasteiger partial charge in [-0.05, 0) is 45.3 Å². The molecule has 0 atom stereocenters. The summed E-state index contributed by atoms with van der Waals surface area (Å²) in [4.78, 5) is 12.8. The molecule has 0 unspecified atom stereocenters. The van der Waals surface area contributed by atoms with E-state index in [-0.39, 0.29) is 10.6 Å². The Morgan fingerprint density at radius 1 is 1.35 bits per heavy atom. The van der Waals surface area contributed by atoms with Crippen LogP contribution in [-0.4, -0.2) is 36.0 Å². The molecule has 0 saturated heterocycles. The van der Waals surface area contributed by atoms with E-state index in [9.17, 15) is 10.1 Å². The van der Waals surface area contributed by atoms with Crippen molar-refractivity contribution in [1.29, 1.82) is 0 Å². The third kappa shape index (κ3) is 3.77. The van der Waals surface area contributed by atoms with Gasteiger partial charge >= 0.3 is 0 Å². The van der Waals surface area contributed by atoms with Crippen molar-refractivity contribution >= 4 is 5.69 Å². The van der Waals surface area contributed by atoms with Gasteiger partial charge in [-0.3, -0.25) is 15.0 Å². The van der Waals surface area contributed by atoms with Crippen LogP contribution >= 0.6 is 0 Å². The Kier molecular flexibility index (Phi) is 5.09. The van der Waals surface area contributed by atoms with Crippen LogP contribution in [0.5, 0.6) is 0 Å². The van der Waals surface area contributed by atoms with Crippen LogP contribution in [0.3, 0.4) is 0 Å². The zero-order chi connectivity index (χ0) is 14.5. The van der Waals surface area contributed by atoms with Crippen LogP contribution in [0.25, 0.3) is 0 Å². The largest absolute Gasteiger partial charge is 0.317 e. The van der Waals surface area contributed by atoms with Gasteiger partial charge in [-0.1, -0.05) is 12.1 Å². The zero-order valence-corrected chi connectivity index (χ0v) is 12.2. The number of benzene rings is 1. The maximum atomic E-state index is 10.8. The molecule has 2 rings (SSSR count). The van der Waals surface area contributed by atoms with Gasteiger partial charge in [0.05, 0.1) is 4.92 Å². The van der Waals surface area contributed by atoms with Crippen molar-refractivity contribution in [2.75, 3.05) is 14.1 Å². The fourth-order valence-corrected chi connectivity index (χ4v) is 2.99. The van der Waals surface area contributed by atoms with Gasteiger partial charge in [0.25, 0.3) is 5.69 Å². The Morgan fingerprint density at radius 3 is 2.65 bits per heavy atom. The fourth-order valence-electron chi connectivity index (χ4n) is 2.99. The summed E-state index contributed by atoms with van der Waals surface area (Å²) in [5.41, 5.74) is 1.19. The van der Waals surface area contributed by atoms with Gasteiger partial charge in [0, 0.05) is 30.8 Å². The molecule has 1 aromatic carbocycles. The van der Waals surface area contributed by atoms with E-state index in [4.69, 9.17) is 0 Å². The van der Waals surface area contributed by atoms with E-state index in [2.05, 4.69) is 17.3 Å². The van der Waals surface area contributed by atoms with Crippen LogP contribution < -0.4 is 5.32 Å². The molecule has 0 heterocycles. The number of rotatable bonds is 5. The van der Waals surface area contributed by atoms with Crippen molar-refractivity contribution in [1.82, 2.24) is 10.2 Å². The van der Waals surface area contributed by atoms with Crippen LogP contribution in [0.1, 0.15) is 31.2 Å². The van der Waals surface area contributed by atoms with Crippen LogP contribution in [0.15, 0.2) is 24.3 Å². The lowest BCUT2D eigenvalue weighted by Crippen LogP contribution is -2.39. The van der Waals surface area contributed by atoms with E-state index in [1.54, 1.807) is 18.2 Å². The summed E-state index contributed by atoms with van der Waals surface area (Å²) >= 11 is 0.